The van der Waals surface area contributed by atoms with E-state index in [2.05, 4.69) is 16.8 Å². The summed E-state index contributed by atoms with van der Waals surface area (Å²) >= 11 is 0. The summed E-state index contributed by atoms with van der Waals surface area (Å²) < 4.78 is 44.8. The van der Waals surface area contributed by atoms with Gasteiger partial charge >= 0.3 is 0 Å². The van der Waals surface area contributed by atoms with Gasteiger partial charge in [-0.1, -0.05) is 31.2 Å². The van der Waals surface area contributed by atoms with Crippen LogP contribution in [0.5, 0.6) is 0 Å². The fraction of sp³-hybridized carbons (Fsp3) is 0.333. The van der Waals surface area contributed by atoms with Crippen LogP contribution in [0.15, 0.2) is 36.4 Å². The summed E-state index contributed by atoms with van der Waals surface area (Å²) in [6.07, 6.45) is 4.87. The molecule has 1 saturated heterocycles. The van der Waals surface area contributed by atoms with E-state index in [0.717, 1.165) is 37.6 Å². The number of rotatable bonds is 5. The van der Waals surface area contributed by atoms with Gasteiger partial charge in [0.25, 0.3) is 0 Å². The Kier molecular flexibility index (Phi) is 5.96. The standard InChI is InChI=1S/C24H24F3N3O/c1-3-29-11-5-8-18(14-29)30-23-20(13-19(25)21(26)22(23)27)28-24(30)17-7-4-6-16(12-17)10-9-15(2)31/h4,6-7,9-10,12-13,18H,3,5,8,11,14H2,1-2H3/b10-9+. The Morgan fingerprint density at radius 2 is 2.03 bits per heavy atom. The van der Waals surface area contributed by atoms with Crippen molar-refractivity contribution >= 4 is 22.9 Å². The number of carbonyl (C=O) groups excluding carboxylic acids is 1. The fourth-order valence-corrected chi connectivity index (χ4v) is 4.24. The second-order valence-corrected chi connectivity index (χ2v) is 7.92. The number of likely N-dealkylation sites (N-methyl/N-ethyl adjacent to an activating group) is 1. The predicted molar refractivity (Wildman–Crippen MR) is 115 cm³/mol. The van der Waals surface area contributed by atoms with E-state index in [-0.39, 0.29) is 22.9 Å². The maximum atomic E-state index is 14.9. The molecule has 4 rings (SSSR count). The Balaban J connectivity index is 1.92. The van der Waals surface area contributed by atoms with Crippen LogP contribution in [-0.4, -0.2) is 39.9 Å². The van der Waals surface area contributed by atoms with Gasteiger partial charge in [0.1, 0.15) is 11.3 Å². The molecule has 4 nitrogen and oxygen atoms in total. The van der Waals surface area contributed by atoms with Gasteiger partial charge in [-0.15, -0.1) is 0 Å². The number of carbonyl (C=O) groups is 1. The number of halogens is 3. The number of aromatic nitrogens is 2. The first-order valence-corrected chi connectivity index (χ1v) is 10.5. The summed E-state index contributed by atoms with van der Waals surface area (Å²) in [6, 6.07) is 8.15. The Bertz CT molecular complexity index is 1170. The molecule has 0 N–H and O–H groups in total. The molecule has 1 aliphatic rings. The molecule has 1 atom stereocenters. The van der Waals surface area contributed by atoms with Crippen LogP contribution < -0.4 is 0 Å². The number of allylic oxidation sites excluding steroid dienone is 1. The van der Waals surface area contributed by atoms with E-state index in [1.165, 1.54) is 13.0 Å². The lowest BCUT2D eigenvalue weighted by Gasteiger charge is -2.33. The first kappa shape index (κ1) is 21.3. The molecule has 1 aromatic heterocycles. The minimum absolute atomic E-state index is 0.0125. The Hall–Kier alpha value is -2.93. The van der Waals surface area contributed by atoms with Gasteiger partial charge in [-0.3, -0.25) is 4.79 Å². The van der Waals surface area contributed by atoms with Crippen molar-refractivity contribution < 1.29 is 18.0 Å². The second-order valence-electron chi connectivity index (χ2n) is 7.92. The molecule has 7 heteroatoms. The number of piperidine rings is 1. The molecule has 2 heterocycles. The molecule has 2 aromatic carbocycles. The molecule has 0 amide bonds. The van der Waals surface area contributed by atoms with Crippen LogP contribution in [0.2, 0.25) is 0 Å². The third-order valence-corrected chi connectivity index (χ3v) is 5.76. The van der Waals surface area contributed by atoms with Crippen molar-refractivity contribution in [1.82, 2.24) is 14.5 Å². The Labute approximate surface area is 179 Å². The van der Waals surface area contributed by atoms with Gasteiger partial charge in [0.05, 0.1) is 5.52 Å². The maximum Gasteiger partial charge on any atom is 0.196 e. The fourth-order valence-electron chi connectivity index (χ4n) is 4.24. The molecule has 1 fully saturated rings. The number of likely N-dealkylation sites (tertiary alicyclic amines) is 1. The van der Waals surface area contributed by atoms with Crippen LogP contribution in [0, 0.1) is 17.5 Å². The predicted octanol–water partition coefficient (Wildman–Crippen LogP) is 5.38. The third kappa shape index (κ3) is 4.14. The van der Waals surface area contributed by atoms with Gasteiger partial charge in [0, 0.05) is 24.2 Å². The normalized spacial score (nSPS) is 17.6. The molecule has 0 bridgehead atoms. The summed E-state index contributed by atoms with van der Waals surface area (Å²) in [5.74, 6) is -3.57. The van der Waals surface area contributed by atoms with Gasteiger partial charge < -0.3 is 9.47 Å². The lowest BCUT2D eigenvalue weighted by Crippen LogP contribution is -2.36. The number of hydrogen-bond acceptors (Lipinski definition) is 3. The lowest BCUT2D eigenvalue weighted by atomic mass is 10.0. The van der Waals surface area contributed by atoms with E-state index in [4.69, 9.17) is 0 Å². The molecule has 0 aliphatic carbocycles. The van der Waals surface area contributed by atoms with Crippen molar-refractivity contribution in [3.8, 4) is 11.4 Å². The van der Waals surface area contributed by atoms with Crippen LogP contribution in [-0.2, 0) is 4.79 Å². The quantitative estimate of drug-likeness (QED) is 0.405. The van der Waals surface area contributed by atoms with Crippen molar-refractivity contribution in [2.75, 3.05) is 19.6 Å². The van der Waals surface area contributed by atoms with E-state index in [0.29, 0.717) is 17.9 Å². The van der Waals surface area contributed by atoms with Gasteiger partial charge in [-0.2, -0.15) is 0 Å². The zero-order valence-electron chi connectivity index (χ0n) is 17.5. The Morgan fingerprint density at radius 1 is 1.23 bits per heavy atom. The molecule has 0 radical (unpaired) electrons. The highest BCUT2D eigenvalue weighted by molar-refractivity contribution is 5.91. The summed E-state index contributed by atoms with van der Waals surface area (Å²) in [7, 11) is 0. The molecule has 1 unspecified atom stereocenters. The summed E-state index contributed by atoms with van der Waals surface area (Å²) in [6.45, 7) is 6.02. The molecule has 3 aromatic rings. The lowest BCUT2D eigenvalue weighted by molar-refractivity contribution is -0.112. The maximum absolute atomic E-state index is 14.9. The summed E-state index contributed by atoms with van der Waals surface area (Å²) in [4.78, 5) is 18.1. The second kappa shape index (κ2) is 8.67. The molecular formula is C24H24F3N3O. The van der Waals surface area contributed by atoms with Crippen molar-refractivity contribution in [1.29, 1.82) is 0 Å². The molecule has 1 aliphatic heterocycles. The average molecular weight is 427 g/mol. The van der Waals surface area contributed by atoms with Crippen LogP contribution in [0.1, 0.15) is 38.3 Å². The number of fused-ring (bicyclic) bond motifs is 1. The first-order chi connectivity index (χ1) is 14.9. The highest BCUT2D eigenvalue weighted by atomic mass is 19.2. The van der Waals surface area contributed by atoms with Crippen LogP contribution in [0.4, 0.5) is 13.2 Å². The molecule has 0 spiro atoms. The third-order valence-electron chi connectivity index (χ3n) is 5.76. The summed E-state index contributed by atoms with van der Waals surface area (Å²) in [5, 5.41) is 0. The van der Waals surface area contributed by atoms with E-state index >= 15 is 0 Å². The van der Waals surface area contributed by atoms with Crippen LogP contribution >= 0.6 is 0 Å². The van der Waals surface area contributed by atoms with Crippen molar-refractivity contribution in [3.05, 3.63) is 59.4 Å². The van der Waals surface area contributed by atoms with Crippen molar-refractivity contribution in [2.24, 2.45) is 0 Å². The van der Waals surface area contributed by atoms with E-state index in [9.17, 15) is 18.0 Å². The van der Waals surface area contributed by atoms with Gasteiger partial charge in [-0.05, 0) is 50.6 Å². The zero-order chi connectivity index (χ0) is 22.1. The highest BCUT2D eigenvalue weighted by Gasteiger charge is 2.28. The van der Waals surface area contributed by atoms with E-state index in [1.54, 1.807) is 10.6 Å². The number of nitrogens with zero attached hydrogens (tertiary/aromatic N) is 3. The van der Waals surface area contributed by atoms with Gasteiger partial charge in [0.2, 0.25) is 0 Å². The van der Waals surface area contributed by atoms with E-state index < -0.39 is 17.5 Å². The summed E-state index contributed by atoms with van der Waals surface area (Å²) in [5.41, 5.74) is 1.55. The number of imidazole rings is 1. The van der Waals surface area contributed by atoms with Crippen LogP contribution in [0.25, 0.3) is 28.5 Å². The minimum Gasteiger partial charge on any atom is -0.317 e. The Morgan fingerprint density at radius 3 is 2.77 bits per heavy atom. The van der Waals surface area contributed by atoms with Crippen molar-refractivity contribution in [3.63, 3.8) is 0 Å². The van der Waals surface area contributed by atoms with Crippen molar-refractivity contribution in [2.45, 2.75) is 32.7 Å². The van der Waals surface area contributed by atoms with Crippen LogP contribution in [0.3, 0.4) is 0 Å². The minimum atomic E-state index is -1.48. The largest absolute Gasteiger partial charge is 0.317 e. The van der Waals surface area contributed by atoms with Gasteiger partial charge in [-0.25, -0.2) is 18.2 Å². The molecular weight excluding hydrogens is 403 g/mol. The number of ketones is 1. The number of benzene rings is 2. The first-order valence-electron chi connectivity index (χ1n) is 10.5. The average Bonchev–Trinajstić information content (AvgIpc) is 3.15. The number of hydrogen-bond donors (Lipinski definition) is 0. The van der Waals surface area contributed by atoms with E-state index in [1.807, 2.05) is 24.3 Å². The molecule has 0 saturated carbocycles. The monoisotopic (exact) mass is 427 g/mol. The SMILES string of the molecule is CCN1CCCC(n2c(-c3cccc(/C=C/C(C)=O)c3)nc3cc(F)c(F)c(F)c32)C1. The molecule has 162 valence electrons. The molecule has 31 heavy (non-hydrogen) atoms. The highest BCUT2D eigenvalue weighted by Crippen LogP contribution is 2.35. The van der Waals surface area contributed by atoms with Gasteiger partial charge in [0.15, 0.2) is 23.2 Å². The smallest absolute Gasteiger partial charge is 0.196 e. The topological polar surface area (TPSA) is 38.1 Å². The zero-order valence-corrected chi connectivity index (χ0v) is 17.5.